The topological polar surface area (TPSA) is 58.6 Å². The van der Waals surface area contributed by atoms with E-state index in [1.807, 2.05) is 0 Å². The van der Waals surface area contributed by atoms with Gasteiger partial charge in [0, 0.05) is 5.69 Å². The van der Waals surface area contributed by atoms with Crippen molar-refractivity contribution in [2.24, 2.45) is 0 Å². The fourth-order valence-corrected chi connectivity index (χ4v) is 2.13. The molecule has 0 radical (unpaired) electrons. The van der Waals surface area contributed by atoms with Crippen LogP contribution < -0.4 is 10.1 Å². The summed E-state index contributed by atoms with van der Waals surface area (Å²) in [5, 5.41) is 11.7. The zero-order chi connectivity index (χ0) is 19.7. The molecule has 140 valence electrons. The molecule has 0 fully saturated rings. The van der Waals surface area contributed by atoms with E-state index in [0.717, 1.165) is 18.2 Å². The number of rotatable bonds is 4. The molecule has 0 spiro atoms. The van der Waals surface area contributed by atoms with Gasteiger partial charge in [-0.1, -0.05) is 0 Å². The number of anilines is 2. The van der Waals surface area contributed by atoms with Crippen molar-refractivity contribution in [3.63, 3.8) is 0 Å². The number of carbonyl (C=O) groups is 1. The van der Waals surface area contributed by atoms with Crippen LogP contribution in [0.2, 0.25) is 0 Å². The van der Waals surface area contributed by atoms with E-state index in [1.54, 1.807) is 0 Å². The summed E-state index contributed by atoms with van der Waals surface area (Å²) >= 11 is 0. The fourth-order valence-electron chi connectivity index (χ4n) is 2.13. The molecule has 2 N–H and O–H groups in total. The summed E-state index contributed by atoms with van der Waals surface area (Å²) in [4.78, 5) is 11.2. The second kappa shape index (κ2) is 6.77. The van der Waals surface area contributed by atoms with Crippen LogP contribution in [0.15, 0.2) is 36.4 Å². The van der Waals surface area contributed by atoms with E-state index >= 15 is 0 Å². The van der Waals surface area contributed by atoms with Crippen LogP contribution in [0.3, 0.4) is 0 Å². The Labute approximate surface area is 143 Å². The molecule has 0 saturated heterocycles. The summed E-state index contributed by atoms with van der Waals surface area (Å²) in [7, 11) is 0. The van der Waals surface area contributed by atoms with Gasteiger partial charge in [0.2, 0.25) is 0 Å². The molecule has 0 amide bonds. The van der Waals surface area contributed by atoms with Gasteiger partial charge in [0.05, 0.1) is 16.8 Å². The minimum Gasteiger partial charge on any atom is -0.478 e. The summed E-state index contributed by atoms with van der Waals surface area (Å²) in [6, 6.07) is 5.35. The number of hydrogen-bond acceptors (Lipinski definition) is 3. The van der Waals surface area contributed by atoms with Gasteiger partial charge in [-0.25, -0.2) is 4.79 Å². The molecule has 0 saturated carbocycles. The Bertz CT molecular complexity index is 830. The fraction of sp³-hybridized carbons (Fsp3) is 0.188. The third-order valence-electron chi connectivity index (χ3n) is 3.28. The number of nitrogens with one attached hydrogen (secondary N) is 1. The van der Waals surface area contributed by atoms with E-state index in [9.17, 15) is 31.1 Å². The van der Waals surface area contributed by atoms with Crippen molar-refractivity contribution in [2.45, 2.75) is 19.5 Å². The zero-order valence-electron chi connectivity index (χ0n) is 13.0. The summed E-state index contributed by atoms with van der Waals surface area (Å²) < 4.78 is 78.5. The Balaban J connectivity index is 2.35. The van der Waals surface area contributed by atoms with Gasteiger partial charge >= 0.3 is 18.5 Å². The Kier molecular flexibility index (Phi) is 5.06. The minimum atomic E-state index is -4.87. The van der Waals surface area contributed by atoms with Gasteiger partial charge in [0.1, 0.15) is 5.75 Å². The molecule has 0 aliphatic carbocycles. The Morgan fingerprint density at radius 1 is 1.00 bits per heavy atom. The SMILES string of the molecule is Cc1cc(OC(F)(F)F)ccc1Nc1ccc(C(F)(F)F)cc1C(=O)O. The molecule has 10 heteroatoms. The van der Waals surface area contributed by atoms with Crippen LogP contribution in [0.4, 0.5) is 37.7 Å². The standard InChI is InChI=1S/C16H11F6NO3/c1-8-6-10(26-16(20,21)22)3-5-12(8)23-13-4-2-9(15(17,18)19)7-11(13)14(24)25/h2-7,23H,1H3,(H,24,25). The first-order chi connectivity index (χ1) is 11.9. The molecular weight excluding hydrogens is 368 g/mol. The van der Waals surface area contributed by atoms with Crippen LogP contribution in [0.25, 0.3) is 0 Å². The normalized spacial score (nSPS) is 12.0. The number of aromatic carboxylic acids is 1. The molecule has 0 aliphatic rings. The van der Waals surface area contributed by atoms with Crippen LogP contribution in [-0.2, 0) is 6.18 Å². The third-order valence-corrected chi connectivity index (χ3v) is 3.28. The maximum Gasteiger partial charge on any atom is 0.573 e. The predicted molar refractivity (Wildman–Crippen MR) is 79.5 cm³/mol. The van der Waals surface area contributed by atoms with Gasteiger partial charge in [-0.15, -0.1) is 13.2 Å². The molecule has 2 aromatic carbocycles. The van der Waals surface area contributed by atoms with Crippen molar-refractivity contribution in [1.29, 1.82) is 0 Å². The number of carboxylic acid groups (broad SMARTS) is 1. The smallest absolute Gasteiger partial charge is 0.478 e. The second-order valence-corrected chi connectivity index (χ2v) is 5.21. The van der Waals surface area contributed by atoms with Crippen molar-refractivity contribution in [3.05, 3.63) is 53.1 Å². The van der Waals surface area contributed by atoms with E-state index in [2.05, 4.69) is 10.1 Å². The number of alkyl halides is 6. The first kappa shape index (κ1) is 19.4. The Morgan fingerprint density at radius 2 is 1.62 bits per heavy atom. The monoisotopic (exact) mass is 379 g/mol. The minimum absolute atomic E-state index is 0.141. The molecule has 0 bridgehead atoms. The molecule has 0 atom stereocenters. The molecule has 2 rings (SSSR count). The lowest BCUT2D eigenvalue weighted by molar-refractivity contribution is -0.274. The highest BCUT2D eigenvalue weighted by atomic mass is 19.4. The largest absolute Gasteiger partial charge is 0.573 e. The molecular formula is C16H11F6NO3. The summed E-state index contributed by atoms with van der Waals surface area (Å²) in [6.07, 6.45) is -9.58. The predicted octanol–water partition coefficient (Wildman–Crippen LogP) is 5.35. The lowest BCUT2D eigenvalue weighted by atomic mass is 10.1. The molecule has 0 aliphatic heterocycles. The first-order valence-electron chi connectivity index (χ1n) is 6.95. The van der Waals surface area contributed by atoms with E-state index in [1.165, 1.54) is 13.0 Å². The van der Waals surface area contributed by atoms with Crippen LogP contribution in [-0.4, -0.2) is 17.4 Å². The number of benzene rings is 2. The zero-order valence-corrected chi connectivity index (χ0v) is 13.0. The van der Waals surface area contributed by atoms with Gasteiger partial charge in [-0.2, -0.15) is 13.2 Å². The molecule has 0 unspecified atom stereocenters. The lowest BCUT2D eigenvalue weighted by Crippen LogP contribution is -2.17. The van der Waals surface area contributed by atoms with E-state index in [0.29, 0.717) is 12.1 Å². The number of halogens is 6. The van der Waals surface area contributed by atoms with Crippen molar-refractivity contribution >= 4 is 17.3 Å². The van der Waals surface area contributed by atoms with Crippen LogP contribution >= 0.6 is 0 Å². The molecule has 4 nitrogen and oxygen atoms in total. The molecule has 0 heterocycles. The van der Waals surface area contributed by atoms with Gasteiger partial charge in [0.15, 0.2) is 0 Å². The van der Waals surface area contributed by atoms with Gasteiger partial charge in [-0.3, -0.25) is 0 Å². The Morgan fingerprint density at radius 3 is 2.12 bits per heavy atom. The van der Waals surface area contributed by atoms with Gasteiger partial charge in [-0.05, 0) is 48.9 Å². The number of carboxylic acids is 1. The van der Waals surface area contributed by atoms with Crippen LogP contribution in [0.5, 0.6) is 5.75 Å². The van der Waals surface area contributed by atoms with Crippen molar-refractivity contribution in [1.82, 2.24) is 0 Å². The van der Waals surface area contributed by atoms with Crippen LogP contribution in [0, 0.1) is 6.92 Å². The van der Waals surface area contributed by atoms with E-state index in [-0.39, 0.29) is 16.9 Å². The molecule has 26 heavy (non-hydrogen) atoms. The number of hydrogen-bond donors (Lipinski definition) is 2. The summed E-state index contributed by atoms with van der Waals surface area (Å²) in [5.74, 6) is -2.07. The lowest BCUT2D eigenvalue weighted by Gasteiger charge is -2.15. The molecule has 0 aromatic heterocycles. The Hall–Kier alpha value is -2.91. The number of aryl methyl sites for hydroxylation is 1. The molecule has 2 aromatic rings. The first-order valence-corrected chi connectivity index (χ1v) is 6.95. The average Bonchev–Trinajstić information content (AvgIpc) is 2.47. The second-order valence-electron chi connectivity index (χ2n) is 5.21. The van der Waals surface area contributed by atoms with Crippen LogP contribution in [0.1, 0.15) is 21.5 Å². The highest BCUT2D eigenvalue weighted by molar-refractivity contribution is 5.95. The highest BCUT2D eigenvalue weighted by Crippen LogP contribution is 2.34. The van der Waals surface area contributed by atoms with E-state index in [4.69, 9.17) is 5.11 Å². The highest BCUT2D eigenvalue weighted by Gasteiger charge is 2.32. The maximum absolute atomic E-state index is 12.7. The van der Waals surface area contributed by atoms with Gasteiger partial charge < -0.3 is 15.2 Å². The van der Waals surface area contributed by atoms with Crippen molar-refractivity contribution in [3.8, 4) is 5.75 Å². The maximum atomic E-state index is 12.7. The van der Waals surface area contributed by atoms with E-state index < -0.39 is 35.4 Å². The van der Waals surface area contributed by atoms with Crippen molar-refractivity contribution < 1.29 is 41.0 Å². The summed E-state index contributed by atoms with van der Waals surface area (Å²) in [6.45, 7) is 1.43. The third kappa shape index (κ3) is 4.80. The number of ether oxygens (including phenoxy) is 1. The summed E-state index contributed by atoms with van der Waals surface area (Å²) in [5.41, 5.74) is -1.43. The van der Waals surface area contributed by atoms with Crippen molar-refractivity contribution in [2.75, 3.05) is 5.32 Å². The quantitative estimate of drug-likeness (QED) is 0.703. The van der Waals surface area contributed by atoms with Gasteiger partial charge in [0.25, 0.3) is 0 Å². The average molecular weight is 379 g/mol.